The summed E-state index contributed by atoms with van der Waals surface area (Å²) in [4.78, 5) is 16.1. The number of halogens is 1. The topological polar surface area (TPSA) is 68.0 Å². The maximum atomic E-state index is 13.2. The number of amides is 1. The van der Waals surface area contributed by atoms with E-state index >= 15 is 0 Å². The summed E-state index contributed by atoms with van der Waals surface area (Å²) < 4.78 is 18.1. The van der Waals surface area contributed by atoms with Gasteiger partial charge in [0.2, 0.25) is 5.76 Å². The van der Waals surface area contributed by atoms with Crippen LogP contribution in [0.1, 0.15) is 16.2 Å². The Labute approximate surface area is 123 Å². The van der Waals surface area contributed by atoms with Crippen molar-refractivity contribution in [2.75, 3.05) is 5.32 Å². The Morgan fingerprint density at radius 1 is 1.38 bits per heavy atom. The molecule has 3 aromatic rings. The second kappa shape index (κ2) is 5.45. The molecule has 0 atom stereocenters. The fraction of sp³-hybridized carbons (Fsp3) is 0.0714. The zero-order valence-electron chi connectivity index (χ0n) is 11.0. The number of rotatable bonds is 3. The first-order valence-corrected chi connectivity index (χ1v) is 6.96. The molecule has 106 valence electrons. The van der Waals surface area contributed by atoms with Gasteiger partial charge in [-0.15, -0.1) is 11.3 Å². The molecule has 2 heterocycles. The number of thiazole rings is 1. The average molecular weight is 303 g/mol. The SMILES string of the molecule is Cc1cc(C(=O)Nc2nc(-c3cccc(F)c3)cs2)on1. The molecule has 0 aliphatic heterocycles. The van der Waals surface area contributed by atoms with E-state index in [1.54, 1.807) is 24.4 Å². The summed E-state index contributed by atoms with van der Waals surface area (Å²) in [5, 5.41) is 8.42. The zero-order chi connectivity index (χ0) is 14.8. The minimum Gasteiger partial charge on any atom is -0.351 e. The molecule has 1 N–H and O–H groups in total. The lowest BCUT2D eigenvalue weighted by atomic mass is 10.2. The monoisotopic (exact) mass is 303 g/mol. The lowest BCUT2D eigenvalue weighted by Crippen LogP contribution is -2.10. The number of aryl methyl sites for hydroxylation is 1. The highest BCUT2D eigenvalue weighted by Gasteiger charge is 2.14. The number of carbonyl (C=O) groups excluding carboxylic acids is 1. The van der Waals surface area contributed by atoms with Crippen LogP contribution in [0.2, 0.25) is 0 Å². The number of hydrogen-bond donors (Lipinski definition) is 1. The summed E-state index contributed by atoms with van der Waals surface area (Å²) in [6, 6.07) is 7.66. The molecule has 0 saturated carbocycles. The second-order valence-electron chi connectivity index (χ2n) is 4.33. The van der Waals surface area contributed by atoms with Crippen LogP contribution >= 0.6 is 11.3 Å². The molecule has 0 aliphatic carbocycles. The second-order valence-corrected chi connectivity index (χ2v) is 5.19. The molecule has 0 bridgehead atoms. The molecule has 2 aromatic heterocycles. The van der Waals surface area contributed by atoms with Crippen LogP contribution in [-0.2, 0) is 0 Å². The van der Waals surface area contributed by atoms with Crippen molar-refractivity contribution in [2.24, 2.45) is 0 Å². The third kappa shape index (κ3) is 2.97. The van der Waals surface area contributed by atoms with Crippen molar-refractivity contribution in [1.82, 2.24) is 10.1 Å². The van der Waals surface area contributed by atoms with E-state index in [-0.39, 0.29) is 11.6 Å². The quantitative estimate of drug-likeness (QED) is 0.804. The highest BCUT2D eigenvalue weighted by atomic mass is 32.1. The van der Waals surface area contributed by atoms with E-state index in [0.717, 1.165) is 0 Å². The summed E-state index contributed by atoms with van der Waals surface area (Å²) in [6.45, 7) is 1.73. The molecule has 0 aliphatic rings. The first kappa shape index (κ1) is 13.4. The number of carbonyl (C=O) groups is 1. The molecule has 1 aromatic carbocycles. The normalized spacial score (nSPS) is 10.6. The van der Waals surface area contributed by atoms with E-state index in [1.807, 2.05) is 0 Å². The van der Waals surface area contributed by atoms with Crippen molar-refractivity contribution in [3.8, 4) is 11.3 Å². The van der Waals surface area contributed by atoms with Crippen LogP contribution in [0.25, 0.3) is 11.3 Å². The Balaban J connectivity index is 1.78. The van der Waals surface area contributed by atoms with Crippen molar-refractivity contribution in [1.29, 1.82) is 0 Å². The molecule has 3 rings (SSSR count). The van der Waals surface area contributed by atoms with E-state index in [4.69, 9.17) is 4.52 Å². The van der Waals surface area contributed by atoms with Gasteiger partial charge in [0.25, 0.3) is 5.91 Å². The van der Waals surface area contributed by atoms with Crippen molar-refractivity contribution in [3.63, 3.8) is 0 Å². The Hall–Kier alpha value is -2.54. The lowest BCUT2D eigenvalue weighted by Gasteiger charge is -1.97. The molecule has 21 heavy (non-hydrogen) atoms. The smallest absolute Gasteiger partial charge is 0.296 e. The molecule has 7 heteroatoms. The van der Waals surface area contributed by atoms with Crippen molar-refractivity contribution in [3.05, 3.63) is 53.0 Å². The predicted molar refractivity (Wildman–Crippen MR) is 76.7 cm³/mol. The molecule has 0 saturated heterocycles. The first-order valence-electron chi connectivity index (χ1n) is 6.08. The summed E-state index contributed by atoms with van der Waals surface area (Å²) in [5.74, 6) is -0.631. The standard InChI is InChI=1S/C14H10FN3O2S/c1-8-5-12(20-18-8)13(19)17-14-16-11(7-21-14)9-3-2-4-10(15)6-9/h2-7H,1H3,(H,16,17,19). The van der Waals surface area contributed by atoms with Crippen LogP contribution in [0.3, 0.4) is 0 Å². The summed E-state index contributed by atoms with van der Waals surface area (Å²) in [5.41, 5.74) is 1.88. The fourth-order valence-corrected chi connectivity index (χ4v) is 2.46. The summed E-state index contributed by atoms with van der Waals surface area (Å²) in [6.07, 6.45) is 0. The van der Waals surface area contributed by atoms with Crippen molar-refractivity contribution in [2.45, 2.75) is 6.92 Å². The van der Waals surface area contributed by atoms with Gasteiger partial charge in [-0.1, -0.05) is 17.3 Å². The van der Waals surface area contributed by atoms with Gasteiger partial charge >= 0.3 is 0 Å². The highest BCUT2D eigenvalue weighted by Crippen LogP contribution is 2.25. The maximum Gasteiger partial charge on any atom is 0.296 e. The van der Waals surface area contributed by atoms with Gasteiger partial charge in [0, 0.05) is 17.0 Å². The van der Waals surface area contributed by atoms with Gasteiger partial charge in [0.05, 0.1) is 11.4 Å². The number of nitrogens with one attached hydrogen (secondary N) is 1. The zero-order valence-corrected chi connectivity index (χ0v) is 11.8. The number of hydrogen-bond acceptors (Lipinski definition) is 5. The number of anilines is 1. The van der Waals surface area contributed by atoms with E-state index in [2.05, 4.69) is 15.5 Å². The largest absolute Gasteiger partial charge is 0.351 e. The Morgan fingerprint density at radius 2 is 2.24 bits per heavy atom. The number of benzene rings is 1. The van der Waals surface area contributed by atoms with Gasteiger partial charge in [0.15, 0.2) is 5.13 Å². The van der Waals surface area contributed by atoms with Gasteiger partial charge in [-0.25, -0.2) is 9.37 Å². The van der Waals surface area contributed by atoms with Gasteiger partial charge in [-0.05, 0) is 19.1 Å². The van der Waals surface area contributed by atoms with Gasteiger partial charge in [-0.3, -0.25) is 10.1 Å². The van der Waals surface area contributed by atoms with Crippen LogP contribution in [0.15, 0.2) is 40.2 Å². The molecule has 0 spiro atoms. The van der Waals surface area contributed by atoms with Crippen LogP contribution in [0.5, 0.6) is 0 Å². The Morgan fingerprint density at radius 3 is 2.95 bits per heavy atom. The third-order valence-corrected chi connectivity index (χ3v) is 3.45. The minimum atomic E-state index is -0.421. The van der Waals surface area contributed by atoms with Crippen LogP contribution in [0.4, 0.5) is 9.52 Å². The first-order chi connectivity index (χ1) is 10.1. The molecule has 1 amide bonds. The highest BCUT2D eigenvalue weighted by molar-refractivity contribution is 7.14. The molecule has 0 unspecified atom stereocenters. The molecular formula is C14H10FN3O2S. The van der Waals surface area contributed by atoms with Crippen LogP contribution < -0.4 is 5.32 Å². The van der Waals surface area contributed by atoms with Crippen LogP contribution in [0, 0.1) is 12.7 Å². The third-order valence-electron chi connectivity index (χ3n) is 2.70. The van der Waals surface area contributed by atoms with E-state index in [0.29, 0.717) is 22.1 Å². The molecular weight excluding hydrogens is 293 g/mol. The fourth-order valence-electron chi connectivity index (χ4n) is 1.74. The van der Waals surface area contributed by atoms with Crippen molar-refractivity contribution < 1.29 is 13.7 Å². The van der Waals surface area contributed by atoms with E-state index < -0.39 is 5.91 Å². The maximum absolute atomic E-state index is 13.2. The van der Waals surface area contributed by atoms with Crippen LogP contribution in [-0.4, -0.2) is 16.0 Å². The van der Waals surface area contributed by atoms with Gasteiger partial charge in [0.1, 0.15) is 5.82 Å². The Bertz CT molecular complexity index is 797. The number of aromatic nitrogens is 2. The van der Waals surface area contributed by atoms with E-state index in [1.165, 1.54) is 29.5 Å². The lowest BCUT2D eigenvalue weighted by molar-refractivity contribution is 0.0988. The average Bonchev–Trinajstić information content (AvgIpc) is 3.08. The molecule has 0 fully saturated rings. The number of nitrogens with zero attached hydrogens (tertiary/aromatic N) is 2. The molecule has 5 nitrogen and oxygen atoms in total. The van der Waals surface area contributed by atoms with E-state index in [9.17, 15) is 9.18 Å². The minimum absolute atomic E-state index is 0.120. The molecule has 0 radical (unpaired) electrons. The van der Waals surface area contributed by atoms with Gasteiger partial charge in [-0.2, -0.15) is 0 Å². The summed E-state index contributed by atoms with van der Waals surface area (Å²) in [7, 11) is 0. The van der Waals surface area contributed by atoms with Crippen molar-refractivity contribution >= 4 is 22.4 Å². The van der Waals surface area contributed by atoms with Gasteiger partial charge < -0.3 is 4.52 Å². The predicted octanol–water partition coefficient (Wildman–Crippen LogP) is 3.50. The Kier molecular flexibility index (Phi) is 3.49. The summed E-state index contributed by atoms with van der Waals surface area (Å²) >= 11 is 1.25.